The van der Waals surface area contributed by atoms with Crippen molar-refractivity contribution in [2.75, 3.05) is 20.2 Å². The first-order valence-corrected chi connectivity index (χ1v) is 5.40. The van der Waals surface area contributed by atoms with Gasteiger partial charge >= 0.3 is 0 Å². The van der Waals surface area contributed by atoms with E-state index < -0.39 is 0 Å². The van der Waals surface area contributed by atoms with Crippen LogP contribution in [0, 0.1) is 0 Å². The Morgan fingerprint density at radius 1 is 1.43 bits per heavy atom. The number of rotatable bonds is 3. The third-order valence-corrected chi connectivity index (χ3v) is 3.92. The molecule has 0 N–H and O–H groups in total. The minimum atomic E-state index is -0.0474. The van der Waals surface area contributed by atoms with E-state index >= 15 is 0 Å². The second-order valence-electron chi connectivity index (χ2n) is 4.91. The van der Waals surface area contributed by atoms with Crippen LogP contribution in [0.4, 0.5) is 0 Å². The van der Waals surface area contributed by atoms with Gasteiger partial charge in [0.2, 0.25) is 0 Å². The van der Waals surface area contributed by atoms with Crippen molar-refractivity contribution in [3.05, 3.63) is 12.7 Å². The van der Waals surface area contributed by atoms with E-state index in [1.807, 2.05) is 6.08 Å². The predicted molar refractivity (Wildman–Crippen MR) is 60.5 cm³/mol. The van der Waals surface area contributed by atoms with Gasteiger partial charge in [-0.25, -0.2) is 0 Å². The van der Waals surface area contributed by atoms with Gasteiger partial charge in [-0.3, -0.25) is 4.90 Å². The van der Waals surface area contributed by atoms with Crippen LogP contribution in [0.15, 0.2) is 12.7 Å². The number of likely N-dealkylation sites (N-methyl/N-ethyl adjacent to an activating group) is 1. The Balaban J connectivity index is 2.77. The molecule has 1 aliphatic rings. The van der Waals surface area contributed by atoms with E-state index in [0.29, 0.717) is 6.61 Å². The second kappa shape index (κ2) is 4.03. The van der Waals surface area contributed by atoms with Crippen LogP contribution in [0.5, 0.6) is 0 Å². The van der Waals surface area contributed by atoms with E-state index in [1.54, 1.807) is 0 Å². The quantitative estimate of drug-likeness (QED) is 0.644. The van der Waals surface area contributed by atoms with Gasteiger partial charge in [0.1, 0.15) is 0 Å². The lowest BCUT2D eigenvalue weighted by Crippen LogP contribution is -2.62. The molecular formula is C12H23NO. The van der Waals surface area contributed by atoms with Gasteiger partial charge in [-0.15, -0.1) is 6.58 Å². The highest BCUT2D eigenvalue weighted by Crippen LogP contribution is 2.38. The first-order valence-electron chi connectivity index (χ1n) is 5.40. The highest BCUT2D eigenvalue weighted by molar-refractivity contribution is 5.02. The van der Waals surface area contributed by atoms with Gasteiger partial charge in [-0.05, 0) is 47.2 Å². The van der Waals surface area contributed by atoms with E-state index in [2.05, 4.69) is 39.3 Å². The maximum absolute atomic E-state index is 5.95. The summed E-state index contributed by atoms with van der Waals surface area (Å²) < 4.78 is 5.95. The molecule has 1 aliphatic heterocycles. The molecule has 0 saturated carbocycles. The van der Waals surface area contributed by atoms with Crippen LogP contribution in [0.25, 0.3) is 0 Å². The molecule has 0 spiro atoms. The molecule has 0 bridgehead atoms. The van der Waals surface area contributed by atoms with E-state index in [1.165, 1.54) is 13.0 Å². The Kier molecular flexibility index (Phi) is 3.38. The predicted octanol–water partition coefficient (Wildman–Crippen LogP) is 2.45. The highest BCUT2D eigenvalue weighted by atomic mass is 16.5. The highest BCUT2D eigenvalue weighted by Gasteiger charge is 2.46. The zero-order valence-electron chi connectivity index (χ0n) is 9.97. The first-order chi connectivity index (χ1) is 6.44. The molecule has 0 aliphatic carbocycles. The van der Waals surface area contributed by atoms with Gasteiger partial charge in [0.15, 0.2) is 0 Å². The summed E-state index contributed by atoms with van der Waals surface area (Å²) in [7, 11) is 2.18. The maximum atomic E-state index is 5.95. The van der Waals surface area contributed by atoms with Crippen LogP contribution < -0.4 is 0 Å². The van der Waals surface area contributed by atoms with Crippen molar-refractivity contribution in [3.63, 3.8) is 0 Å². The monoisotopic (exact) mass is 197 g/mol. The Morgan fingerprint density at radius 2 is 2.07 bits per heavy atom. The van der Waals surface area contributed by atoms with E-state index in [-0.39, 0.29) is 11.1 Å². The first kappa shape index (κ1) is 11.7. The summed E-state index contributed by atoms with van der Waals surface area (Å²) in [6.45, 7) is 12.3. The number of hydrogen-bond donors (Lipinski definition) is 0. The molecule has 2 nitrogen and oxygen atoms in total. The fourth-order valence-corrected chi connectivity index (χ4v) is 2.13. The van der Waals surface area contributed by atoms with Crippen molar-refractivity contribution in [1.82, 2.24) is 4.90 Å². The molecule has 0 aromatic heterocycles. The zero-order valence-corrected chi connectivity index (χ0v) is 9.97. The van der Waals surface area contributed by atoms with Crippen LogP contribution in [0.2, 0.25) is 0 Å². The Morgan fingerprint density at radius 3 is 2.64 bits per heavy atom. The Bertz CT molecular complexity index is 212. The summed E-state index contributed by atoms with van der Waals surface area (Å²) >= 11 is 0. The molecule has 1 rings (SSSR count). The number of likely N-dealkylation sites (tertiary alicyclic amines) is 1. The summed E-state index contributed by atoms with van der Waals surface area (Å²) in [6.07, 6.45) is 4.18. The van der Waals surface area contributed by atoms with Gasteiger partial charge in [-0.2, -0.15) is 0 Å². The Hall–Kier alpha value is -0.340. The molecule has 14 heavy (non-hydrogen) atoms. The summed E-state index contributed by atoms with van der Waals surface area (Å²) in [5.74, 6) is 0. The van der Waals surface area contributed by atoms with Crippen LogP contribution >= 0.6 is 0 Å². The van der Waals surface area contributed by atoms with E-state index in [0.717, 1.165) is 6.42 Å². The van der Waals surface area contributed by atoms with Crippen molar-refractivity contribution >= 4 is 0 Å². The number of hydrogen-bond acceptors (Lipinski definition) is 2. The minimum Gasteiger partial charge on any atom is -0.369 e. The van der Waals surface area contributed by atoms with Gasteiger partial charge in [0.05, 0.1) is 12.2 Å². The SMILES string of the molecule is C=CCOC1(C)CCCN(C)C1(C)C. The van der Waals surface area contributed by atoms with Gasteiger partial charge < -0.3 is 4.74 Å². The summed E-state index contributed by atoms with van der Waals surface area (Å²) in [5, 5.41) is 0. The molecule has 1 fully saturated rings. The molecule has 0 amide bonds. The van der Waals surface area contributed by atoms with Crippen LogP contribution in [0.3, 0.4) is 0 Å². The van der Waals surface area contributed by atoms with Gasteiger partial charge in [-0.1, -0.05) is 6.08 Å². The molecule has 0 aromatic rings. The van der Waals surface area contributed by atoms with Crippen LogP contribution in [0.1, 0.15) is 33.6 Å². The summed E-state index contributed by atoms with van der Waals surface area (Å²) in [5.41, 5.74) is 0.0580. The Labute approximate surface area is 87.9 Å². The van der Waals surface area contributed by atoms with Crippen molar-refractivity contribution < 1.29 is 4.74 Å². The molecule has 1 heterocycles. The average Bonchev–Trinajstić information content (AvgIpc) is 2.12. The van der Waals surface area contributed by atoms with Crippen LogP contribution in [-0.2, 0) is 4.74 Å². The average molecular weight is 197 g/mol. The fraction of sp³-hybridized carbons (Fsp3) is 0.833. The molecule has 1 saturated heterocycles. The van der Waals surface area contributed by atoms with Crippen molar-refractivity contribution in [2.24, 2.45) is 0 Å². The van der Waals surface area contributed by atoms with Crippen molar-refractivity contribution in [1.29, 1.82) is 0 Å². The molecule has 1 unspecified atom stereocenters. The summed E-state index contributed by atoms with van der Waals surface area (Å²) in [4.78, 5) is 2.39. The molecule has 1 atom stereocenters. The minimum absolute atomic E-state index is 0.0474. The normalized spacial score (nSPS) is 32.9. The third-order valence-electron chi connectivity index (χ3n) is 3.92. The lowest BCUT2D eigenvalue weighted by atomic mass is 9.76. The second-order valence-corrected chi connectivity index (χ2v) is 4.91. The van der Waals surface area contributed by atoms with E-state index in [9.17, 15) is 0 Å². The third kappa shape index (κ3) is 1.86. The van der Waals surface area contributed by atoms with Gasteiger partial charge in [0.25, 0.3) is 0 Å². The standard InChI is InChI=1S/C12H23NO/c1-6-10-14-12(4)8-7-9-13(5)11(12,2)3/h6H,1,7-10H2,2-5H3. The molecule has 2 heteroatoms. The zero-order chi connectivity index (χ0) is 10.8. The molecule has 0 aromatic carbocycles. The summed E-state index contributed by atoms with van der Waals surface area (Å²) in [6, 6.07) is 0. The lowest BCUT2D eigenvalue weighted by Gasteiger charge is -2.53. The van der Waals surface area contributed by atoms with Crippen LogP contribution in [-0.4, -0.2) is 36.2 Å². The number of piperidine rings is 1. The number of nitrogens with zero attached hydrogens (tertiary/aromatic N) is 1. The topological polar surface area (TPSA) is 12.5 Å². The largest absolute Gasteiger partial charge is 0.369 e. The van der Waals surface area contributed by atoms with Crippen molar-refractivity contribution in [3.8, 4) is 0 Å². The maximum Gasteiger partial charge on any atom is 0.0836 e. The van der Waals surface area contributed by atoms with E-state index in [4.69, 9.17) is 4.74 Å². The van der Waals surface area contributed by atoms with Crippen molar-refractivity contribution in [2.45, 2.75) is 44.8 Å². The number of ether oxygens (including phenoxy) is 1. The fourth-order valence-electron chi connectivity index (χ4n) is 2.13. The lowest BCUT2D eigenvalue weighted by molar-refractivity contribution is -0.141. The molecular weight excluding hydrogens is 174 g/mol. The molecule has 82 valence electrons. The van der Waals surface area contributed by atoms with Gasteiger partial charge in [0, 0.05) is 5.54 Å². The smallest absolute Gasteiger partial charge is 0.0836 e. The molecule has 0 radical (unpaired) electrons.